The lowest BCUT2D eigenvalue weighted by molar-refractivity contribution is 0.289. The van der Waals surface area contributed by atoms with Crippen LogP contribution in [0.25, 0.3) is 5.69 Å². The number of methoxy groups -OCH3 is 1. The van der Waals surface area contributed by atoms with E-state index in [1.54, 1.807) is 37.4 Å². The largest absolute Gasteiger partial charge is 0.497 e. The summed E-state index contributed by atoms with van der Waals surface area (Å²) in [5, 5.41) is 9.16. The van der Waals surface area contributed by atoms with Gasteiger partial charge in [-0.15, -0.1) is 10.2 Å². The first-order valence-electron chi connectivity index (χ1n) is 10.8. The van der Waals surface area contributed by atoms with Gasteiger partial charge < -0.3 is 4.74 Å². The van der Waals surface area contributed by atoms with Gasteiger partial charge in [-0.05, 0) is 49.4 Å². The van der Waals surface area contributed by atoms with E-state index in [4.69, 9.17) is 25.5 Å². The van der Waals surface area contributed by atoms with Crippen molar-refractivity contribution < 1.29 is 17.3 Å². The van der Waals surface area contributed by atoms with Gasteiger partial charge >= 0.3 is 0 Å². The first kappa shape index (κ1) is 23.2. The molecule has 8 nitrogen and oxygen atoms in total. The molecule has 1 aromatic heterocycles. The second-order valence-electron chi connectivity index (χ2n) is 7.88. The molecule has 0 saturated heterocycles. The molecule has 1 aliphatic rings. The van der Waals surface area contributed by atoms with Crippen LogP contribution >= 0.6 is 11.6 Å². The summed E-state index contributed by atoms with van der Waals surface area (Å²) in [6.45, 7) is 1.58. The normalized spacial score (nSPS) is 15.1. The number of nitrogens with zero attached hydrogens (tertiary/aromatic N) is 4. The van der Waals surface area contributed by atoms with Crippen LogP contribution in [-0.4, -0.2) is 42.6 Å². The number of rotatable bonds is 6. The lowest BCUT2D eigenvalue weighted by Gasteiger charge is -2.14. The van der Waals surface area contributed by atoms with Crippen molar-refractivity contribution in [3.8, 4) is 11.4 Å². The third-order valence-corrected chi connectivity index (χ3v) is 7.21. The van der Waals surface area contributed by atoms with Gasteiger partial charge in [-0.2, -0.15) is 8.42 Å². The van der Waals surface area contributed by atoms with Crippen LogP contribution in [0.15, 0.2) is 82.7 Å². The van der Waals surface area contributed by atoms with Gasteiger partial charge in [0.1, 0.15) is 17.6 Å². The van der Waals surface area contributed by atoms with Gasteiger partial charge in [0.2, 0.25) is 0 Å². The number of hydrogen-bond acceptors (Lipinski definition) is 7. The van der Waals surface area contributed by atoms with Crippen LogP contribution in [0.3, 0.4) is 0 Å². The smallest absolute Gasteiger partial charge is 0.297 e. The summed E-state index contributed by atoms with van der Waals surface area (Å²) >= 11 is 6.12. The Bertz CT molecular complexity index is 1520. The highest BCUT2D eigenvalue weighted by Crippen LogP contribution is 2.33. The molecular formula is C25H21ClN4O4S. The second-order valence-corrected chi connectivity index (χ2v) is 9.93. The van der Waals surface area contributed by atoms with Crippen molar-refractivity contribution in [2.75, 3.05) is 13.7 Å². The molecule has 0 saturated carbocycles. The Balaban J connectivity index is 1.65. The molecule has 0 fully saturated rings. The maximum absolute atomic E-state index is 12.8. The molecule has 4 aromatic rings. The summed E-state index contributed by atoms with van der Waals surface area (Å²) in [5.74, 6) is 1.76. The van der Waals surface area contributed by atoms with Crippen LogP contribution in [0.4, 0.5) is 0 Å². The fraction of sp³-hybridized carbons (Fsp3) is 0.160. The molecule has 10 heteroatoms. The van der Waals surface area contributed by atoms with Crippen LogP contribution in [0.5, 0.6) is 5.75 Å². The number of halogens is 1. The highest BCUT2D eigenvalue weighted by molar-refractivity contribution is 7.86. The topological polar surface area (TPSA) is 95.7 Å². The molecule has 0 bridgehead atoms. The fourth-order valence-corrected chi connectivity index (χ4v) is 5.02. The number of hydrogen-bond donors (Lipinski definition) is 0. The predicted molar refractivity (Wildman–Crippen MR) is 132 cm³/mol. The van der Waals surface area contributed by atoms with Gasteiger partial charge in [0.05, 0.1) is 30.0 Å². The van der Waals surface area contributed by atoms with Gasteiger partial charge in [-0.3, -0.25) is 13.7 Å². The van der Waals surface area contributed by atoms with Crippen molar-refractivity contribution >= 4 is 27.4 Å². The van der Waals surface area contributed by atoms with E-state index in [0.29, 0.717) is 28.1 Å². The summed E-state index contributed by atoms with van der Waals surface area (Å²) in [6.07, 6.45) is 0. The lowest BCUT2D eigenvalue weighted by Crippen LogP contribution is -2.16. The number of aryl methyl sites for hydroxylation is 1. The maximum atomic E-state index is 12.8. The minimum Gasteiger partial charge on any atom is -0.497 e. The zero-order chi connectivity index (χ0) is 24.6. The van der Waals surface area contributed by atoms with Crippen molar-refractivity contribution in [1.29, 1.82) is 0 Å². The Morgan fingerprint density at radius 1 is 1.00 bits per heavy atom. The Labute approximate surface area is 208 Å². The van der Waals surface area contributed by atoms with E-state index >= 15 is 0 Å². The average molecular weight is 509 g/mol. The maximum Gasteiger partial charge on any atom is 0.297 e. The van der Waals surface area contributed by atoms with Crippen LogP contribution in [0.2, 0.25) is 5.02 Å². The molecule has 178 valence electrons. The molecule has 1 unspecified atom stereocenters. The predicted octanol–water partition coefficient (Wildman–Crippen LogP) is 4.54. The number of ether oxygens (including phenoxy) is 1. The van der Waals surface area contributed by atoms with Crippen molar-refractivity contribution in [1.82, 2.24) is 14.8 Å². The molecule has 0 radical (unpaired) electrons. The van der Waals surface area contributed by atoms with Crippen molar-refractivity contribution in [2.24, 2.45) is 4.99 Å². The van der Waals surface area contributed by atoms with E-state index in [2.05, 4.69) is 10.2 Å². The third-order valence-electron chi connectivity index (χ3n) is 5.66. The zero-order valence-electron chi connectivity index (χ0n) is 18.9. The average Bonchev–Trinajstić information content (AvgIpc) is 3.19. The van der Waals surface area contributed by atoms with Gasteiger partial charge in [0.25, 0.3) is 10.1 Å². The highest BCUT2D eigenvalue weighted by Gasteiger charge is 2.30. The van der Waals surface area contributed by atoms with Crippen LogP contribution in [0.1, 0.15) is 28.8 Å². The molecule has 3 aromatic carbocycles. The summed E-state index contributed by atoms with van der Waals surface area (Å²) in [5.41, 5.74) is 3.01. The standard InChI is InChI=1S/C25H21ClN4O4S/c1-16-28-29-25-22(15-34-35(31,32)20-6-4-3-5-7-20)27-24(17-8-10-18(26)11-9-17)21-14-19(33-2)12-13-23(21)30(16)25/h3-14,22H,15H2,1-2H3. The van der Waals surface area contributed by atoms with Crippen LogP contribution in [-0.2, 0) is 14.3 Å². The second kappa shape index (κ2) is 9.26. The minimum atomic E-state index is -4.00. The van der Waals surface area contributed by atoms with Crippen LogP contribution in [0, 0.1) is 6.92 Å². The minimum absolute atomic E-state index is 0.0706. The molecule has 2 heterocycles. The molecule has 0 amide bonds. The van der Waals surface area contributed by atoms with E-state index in [1.807, 2.05) is 41.8 Å². The molecule has 0 N–H and O–H groups in total. The van der Waals surface area contributed by atoms with Crippen LogP contribution < -0.4 is 4.74 Å². The molecule has 5 rings (SSSR count). The molecular weight excluding hydrogens is 488 g/mol. The number of fused-ring (bicyclic) bond motifs is 3. The summed E-state index contributed by atoms with van der Waals surface area (Å²) < 4.78 is 38.4. The van der Waals surface area contributed by atoms with Crippen molar-refractivity contribution in [3.05, 3.63) is 101 Å². The van der Waals surface area contributed by atoms with Gasteiger partial charge in [0, 0.05) is 16.1 Å². The van der Waals surface area contributed by atoms with Gasteiger partial charge in [-0.1, -0.05) is 41.9 Å². The first-order valence-corrected chi connectivity index (χ1v) is 12.5. The van der Waals surface area contributed by atoms with E-state index in [1.165, 1.54) is 12.1 Å². The molecule has 1 aliphatic heterocycles. The number of aliphatic imine (C=N–C) groups is 1. The van der Waals surface area contributed by atoms with Crippen molar-refractivity contribution in [2.45, 2.75) is 17.9 Å². The summed E-state index contributed by atoms with van der Waals surface area (Å²) in [7, 11) is -2.40. The molecule has 0 spiro atoms. The van der Waals surface area contributed by atoms with E-state index in [0.717, 1.165) is 16.8 Å². The highest BCUT2D eigenvalue weighted by atomic mass is 35.5. The fourth-order valence-electron chi connectivity index (χ4n) is 3.96. The third kappa shape index (κ3) is 4.45. The van der Waals surface area contributed by atoms with Crippen molar-refractivity contribution in [3.63, 3.8) is 0 Å². The van der Waals surface area contributed by atoms with E-state index < -0.39 is 16.2 Å². The quantitative estimate of drug-likeness (QED) is 0.355. The molecule has 1 atom stereocenters. The first-order chi connectivity index (χ1) is 16.9. The molecule has 35 heavy (non-hydrogen) atoms. The van der Waals surface area contributed by atoms with Gasteiger partial charge in [0.15, 0.2) is 5.82 Å². The van der Waals surface area contributed by atoms with E-state index in [9.17, 15) is 8.42 Å². The summed E-state index contributed by atoms with van der Waals surface area (Å²) in [4.78, 5) is 5.02. The van der Waals surface area contributed by atoms with E-state index in [-0.39, 0.29) is 11.5 Å². The Morgan fingerprint density at radius 2 is 1.74 bits per heavy atom. The molecule has 0 aliphatic carbocycles. The Morgan fingerprint density at radius 3 is 2.46 bits per heavy atom. The number of benzene rings is 3. The SMILES string of the molecule is COc1ccc2c(c1)C(c1ccc(Cl)cc1)=NC(COS(=O)(=O)c1ccccc1)c1nnc(C)n1-2. The lowest BCUT2D eigenvalue weighted by atomic mass is 10.00. The number of aromatic nitrogens is 3. The zero-order valence-corrected chi connectivity index (χ0v) is 20.5. The Hall–Kier alpha value is -3.53. The Kier molecular flexibility index (Phi) is 6.14. The monoisotopic (exact) mass is 508 g/mol. The summed E-state index contributed by atoms with van der Waals surface area (Å²) in [6, 6.07) is 20.2. The van der Waals surface area contributed by atoms with Gasteiger partial charge in [-0.25, -0.2) is 0 Å².